The molecule has 2 heterocycles. The summed E-state index contributed by atoms with van der Waals surface area (Å²) in [6.45, 7) is 2.40. The summed E-state index contributed by atoms with van der Waals surface area (Å²) < 4.78 is 2.01. The molecule has 1 aliphatic heterocycles. The monoisotopic (exact) mass is 296 g/mol. The zero-order valence-electron chi connectivity index (χ0n) is 12.5. The third kappa shape index (κ3) is 2.64. The lowest BCUT2D eigenvalue weighted by atomic mass is 10.1. The minimum atomic E-state index is -0.0192. The van der Waals surface area contributed by atoms with Gasteiger partial charge in [0.1, 0.15) is 0 Å². The molecule has 0 unspecified atom stereocenters. The lowest BCUT2D eigenvalue weighted by Crippen LogP contribution is -2.29. The molecule has 114 valence electrons. The zero-order valence-corrected chi connectivity index (χ0v) is 12.5. The van der Waals surface area contributed by atoms with E-state index >= 15 is 0 Å². The number of rotatable bonds is 4. The highest BCUT2D eigenvalue weighted by atomic mass is 16.2. The van der Waals surface area contributed by atoms with Crippen LogP contribution < -0.4 is 10.6 Å². The highest BCUT2D eigenvalue weighted by Crippen LogP contribution is 2.23. The van der Waals surface area contributed by atoms with Crippen LogP contribution in [0.2, 0.25) is 0 Å². The quantitative estimate of drug-likeness (QED) is 0.898. The molecule has 2 aliphatic rings. The Hall–Kier alpha value is -2.14. The van der Waals surface area contributed by atoms with Gasteiger partial charge >= 0.3 is 0 Å². The van der Waals surface area contributed by atoms with Gasteiger partial charge in [-0.05, 0) is 18.4 Å². The third-order valence-electron chi connectivity index (χ3n) is 4.31. The fourth-order valence-electron chi connectivity index (χ4n) is 2.97. The van der Waals surface area contributed by atoms with Gasteiger partial charge in [-0.1, -0.05) is 30.3 Å². The first-order valence-electron chi connectivity index (χ1n) is 7.95. The summed E-state index contributed by atoms with van der Waals surface area (Å²) in [5.74, 6) is -0.0192. The second-order valence-electron chi connectivity index (χ2n) is 6.09. The van der Waals surface area contributed by atoms with Crippen molar-refractivity contribution in [2.45, 2.75) is 38.4 Å². The van der Waals surface area contributed by atoms with Crippen LogP contribution in [-0.4, -0.2) is 28.3 Å². The molecule has 5 nitrogen and oxygen atoms in total. The SMILES string of the molecule is O=C(NC1CC1)c1nn(Cc2ccccc2)c2c1CNCC2. The van der Waals surface area contributed by atoms with E-state index in [9.17, 15) is 4.79 Å². The molecule has 1 amide bonds. The summed E-state index contributed by atoms with van der Waals surface area (Å²) in [7, 11) is 0. The molecule has 22 heavy (non-hydrogen) atoms. The predicted octanol–water partition coefficient (Wildman–Crippen LogP) is 1.47. The molecule has 1 fully saturated rings. The molecular weight excluding hydrogens is 276 g/mol. The van der Waals surface area contributed by atoms with Gasteiger partial charge < -0.3 is 10.6 Å². The Labute approximate surface area is 129 Å². The van der Waals surface area contributed by atoms with Crippen molar-refractivity contribution in [3.63, 3.8) is 0 Å². The molecule has 1 aliphatic carbocycles. The molecule has 2 N–H and O–H groups in total. The molecule has 1 saturated carbocycles. The van der Waals surface area contributed by atoms with E-state index in [1.165, 1.54) is 11.3 Å². The summed E-state index contributed by atoms with van der Waals surface area (Å²) in [5, 5.41) is 11.0. The number of aromatic nitrogens is 2. The maximum absolute atomic E-state index is 12.4. The maximum Gasteiger partial charge on any atom is 0.272 e. The normalized spacial score (nSPS) is 17.1. The number of fused-ring (bicyclic) bond motifs is 1. The topological polar surface area (TPSA) is 59.0 Å². The van der Waals surface area contributed by atoms with E-state index in [0.29, 0.717) is 11.7 Å². The lowest BCUT2D eigenvalue weighted by Gasteiger charge is -2.15. The number of amides is 1. The number of benzene rings is 1. The highest BCUT2D eigenvalue weighted by molar-refractivity contribution is 5.94. The van der Waals surface area contributed by atoms with E-state index in [1.54, 1.807) is 0 Å². The second-order valence-corrected chi connectivity index (χ2v) is 6.09. The number of hydrogen-bond donors (Lipinski definition) is 2. The van der Waals surface area contributed by atoms with Crippen LogP contribution in [0.3, 0.4) is 0 Å². The Bertz CT molecular complexity index is 688. The Kier molecular flexibility index (Phi) is 3.42. The van der Waals surface area contributed by atoms with Crippen molar-refractivity contribution in [1.82, 2.24) is 20.4 Å². The van der Waals surface area contributed by atoms with Crippen molar-refractivity contribution < 1.29 is 4.79 Å². The summed E-state index contributed by atoms with van der Waals surface area (Å²) in [5.41, 5.74) is 4.08. The van der Waals surface area contributed by atoms with Gasteiger partial charge in [-0.2, -0.15) is 5.10 Å². The fraction of sp³-hybridized carbons (Fsp3) is 0.412. The zero-order chi connectivity index (χ0) is 14.9. The minimum absolute atomic E-state index is 0.0192. The van der Waals surface area contributed by atoms with Crippen LogP contribution in [0.1, 0.15) is 40.2 Å². The predicted molar refractivity (Wildman–Crippen MR) is 83.7 cm³/mol. The van der Waals surface area contributed by atoms with Gasteiger partial charge in [0.05, 0.1) is 6.54 Å². The first-order valence-corrected chi connectivity index (χ1v) is 7.95. The Morgan fingerprint density at radius 1 is 1.32 bits per heavy atom. The summed E-state index contributed by atoms with van der Waals surface area (Å²) in [6.07, 6.45) is 3.11. The number of nitrogens with one attached hydrogen (secondary N) is 2. The molecule has 1 aromatic heterocycles. The molecule has 5 heteroatoms. The van der Waals surface area contributed by atoms with Gasteiger partial charge in [-0.25, -0.2) is 0 Å². The van der Waals surface area contributed by atoms with E-state index in [1.807, 2.05) is 22.9 Å². The van der Waals surface area contributed by atoms with Crippen LogP contribution in [0.15, 0.2) is 30.3 Å². The highest BCUT2D eigenvalue weighted by Gasteiger charge is 2.29. The van der Waals surface area contributed by atoms with Crippen molar-refractivity contribution in [2.75, 3.05) is 6.54 Å². The Morgan fingerprint density at radius 3 is 2.91 bits per heavy atom. The number of carbonyl (C=O) groups excluding carboxylic acids is 1. The van der Waals surface area contributed by atoms with Crippen LogP contribution in [0.25, 0.3) is 0 Å². The van der Waals surface area contributed by atoms with Gasteiger partial charge in [0.15, 0.2) is 5.69 Å². The molecule has 0 radical (unpaired) electrons. The summed E-state index contributed by atoms with van der Waals surface area (Å²) >= 11 is 0. The van der Waals surface area contributed by atoms with Gasteiger partial charge in [0.25, 0.3) is 5.91 Å². The Balaban J connectivity index is 1.65. The molecule has 0 spiro atoms. The second kappa shape index (κ2) is 5.57. The van der Waals surface area contributed by atoms with Crippen LogP contribution in [0, 0.1) is 0 Å². The van der Waals surface area contributed by atoms with Crippen molar-refractivity contribution in [1.29, 1.82) is 0 Å². The molecule has 1 aromatic carbocycles. The van der Waals surface area contributed by atoms with Crippen LogP contribution in [0.5, 0.6) is 0 Å². The van der Waals surface area contributed by atoms with Crippen molar-refractivity contribution in [3.8, 4) is 0 Å². The maximum atomic E-state index is 12.4. The van der Waals surface area contributed by atoms with Crippen LogP contribution in [0.4, 0.5) is 0 Å². The van der Waals surface area contributed by atoms with Crippen molar-refractivity contribution >= 4 is 5.91 Å². The number of carbonyl (C=O) groups is 1. The molecule has 0 atom stereocenters. The number of nitrogens with zero attached hydrogens (tertiary/aromatic N) is 2. The van der Waals surface area contributed by atoms with E-state index in [-0.39, 0.29) is 5.91 Å². The Morgan fingerprint density at radius 2 is 2.14 bits per heavy atom. The van der Waals surface area contributed by atoms with Gasteiger partial charge in [-0.15, -0.1) is 0 Å². The van der Waals surface area contributed by atoms with Gasteiger partial charge in [0.2, 0.25) is 0 Å². The first-order chi connectivity index (χ1) is 10.8. The van der Waals surface area contributed by atoms with E-state index in [2.05, 4.69) is 27.9 Å². The van der Waals surface area contributed by atoms with Gasteiger partial charge in [0, 0.05) is 36.8 Å². The third-order valence-corrected chi connectivity index (χ3v) is 4.31. The molecule has 0 bridgehead atoms. The van der Waals surface area contributed by atoms with E-state index in [4.69, 9.17) is 0 Å². The molecule has 0 saturated heterocycles. The first kappa shape index (κ1) is 13.5. The average molecular weight is 296 g/mol. The lowest BCUT2D eigenvalue weighted by molar-refractivity contribution is 0.0944. The minimum Gasteiger partial charge on any atom is -0.348 e. The fourth-order valence-corrected chi connectivity index (χ4v) is 2.97. The number of hydrogen-bond acceptors (Lipinski definition) is 3. The van der Waals surface area contributed by atoms with E-state index in [0.717, 1.165) is 44.5 Å². The molecule has 2 aromatic rings. The van der Waals surface area contributed by atoms with E-state index < -0.39 is 0 Å². The standard InChI is InChI=1S/C17H20N4O/c22-17(19-13-6-7-13)16-14-10-18-9-8-15(14)21(20-16)11-12-4-2-1-3-5-12/h1-5,13,18H,6-11H2,(H,19,22). The van der Waals surface area contributed by atoms with Crippen molar-refractivity contribution in [3.05, 3.63) is 52.8 Å². The van der Waals surface area contributed by atoms with Crippen LogP contribution in [-0.2, 0) is 19.5 Å². The molecule has 4 rings (SSSR count). The largest absolute Gasteiger partial charge is 0.348 e. The molecular formula is C17H20N4O. The van der Waals surface area contributed by atoms with Crippen LogP contribution >= 0.6 is 0 Å². The average Bonchev–Trinajstić information content (AvgIpc) is 3.29. The summed E-state index contributed by atoms with van der Waals surface area (Å²) in [6, 6.07) is 10.6. The smallest absolute Gasteiger partial charge is 0.272 e. The van der Waals surface area contributed by atoms with Gasteiger partial charge in [-0.3, -0.25) is 9.48 Å². The summed E-state index contributed by atoms with van der Waals surface area (Å²) in [4.78, 5) is 12.4. The van der Waals surface area contributed by atoms with Crippen molar-refractivity contribution in [2.24, 2.45) is 0 Å².